The Balaban J connectivity index is 2.56. The van der Waals surface area contributed by atoms with Crippen molar-refractivity contribution in [1.29, 1.82) is 0 Å². The van der Waals surface area contributed by atoms with Crippen LogP contribution in [-0.4, -0.2) is 41.2 Å². The molecule has 0 fully saturated rings. The number of nitrogens with zero attached hydrogens (tertiary/aromatic N) is 3. The zero-order valence-electron chi connectivity index (χ0n) is 11.9. The van der Waals surface area contributed by atoms with E-state index in [4.69, 9.17) is 4.74 Å². The molecule has 8 heteroatoms. The lowest BCUT2D eigenvalue weighted by Crippen LogP contribution is -2.11. The SMILES string of the molecule is CCCOCCCNc1nc(NCC)ncc1[N+](=O)[O-]. The molecular formula is C12H21N5O3. The molecule has 1 rings (SSSR count). The summed E-state index contributed by atoms with van der Waals surface area (Å²) in [5.41, 5.74) is -0.124. The van der Waals surface area contributed by atoms with E-state index in [2.05, 4.69) is 20.6 Å². The molecule has 1 aromatic rings. The summed E-state index contributed by atoms with van der Waals surface area (Å²) in [6, 6.07) is 0. The smallest absolute Gasteiger partial charge is 0.329 e. The molecule has 2 N–H and O–H groups in total. The Morgan fingerprint density at radius 3 is 2.80 bits per heavy atom. The van der Waals surface area contributed by atoms with E-state index in [0.717, 1.165) is 19.4 Å². The molecule has 0 unspecified atom stereocenters. The molecule has 0 aliphatic heterocycles. The maximum atomic E-state index is 10.9. The predicted molar refractivity (Wildman–Crippen MR) is 77.1 cm³/mol. The molecule has 0 aromatic carbocycles. The third-order valence-electron chi connectivity index (χ3n) is 2.41. The van der Waals surface area contributed by atoms with Crippen molar-refractivity contribution in [3.05, 3.63) is 16.3 Å². The van der Waals surface area contributed by atoms with Crippen LogP contribution in [0.3, 0.4) is 0 Å². The number of hydrogen-bond donors (Lipinski definition) is 2. The molecule has 0 saturated heterocycles. The Bertz CT molecular complexity index is 428. The molecule has 0 amide bonds. The van der Waals surface area contributed by atoms with Gasteiger partial charge in [-0.25, -0.2) is 4.98 Å². The van der Waals surface area contributed by atoms with Gasteiger partial charge in [0.1, 0.15) is 6.20 Å². The Kier molecular flexibility index (Phi) is 7.26. The molecule has 0 bridgehead atoms. The Hall–Kier alpha value is -1.96. The minimum atomic E-state index is -0.494. The minimum Gasteiger partial charge on any atom is -0.381 e. The van der Waals surface area contributed by atoms with Crippen LogP contribution in [0.5, 0.6) is 0 Å². The average molecular weight is 283 g/mol. The number of ether oxygens (including phenoxy) is 1. The second-order valence-corrected chi connectivity index (χ2v) is 4.11. The molecule has 20 heavy (non-hydrogen) atoms. The van der Waals surface area contributed by atoms with Gasteiger partial charge >= 0.3 is 5.69 Å². The van der Waals surface area contributed by atoms with Gasteiger partial charge in [0.05, 0.1) is 4.92 Å². The van der Waals surface area contributed by atoms with E-state index in [0.29, 0.717) is 25.6 Å². The lowest BCUT2D eigenvalue weighted by molar-refractivity contribution is -0.384. The van der Waals surface area contributed by atoms with Gasteiger partial charge in [0, 0.05) is 26.3 Å². The van der Waals surface area contributed by atoms with Gasteiger partial charge in [-0.3, -0.25) is 10.1 Å². The van der Waals surface area contributed by atoms with Crippen molar-refractivity contribution >= 4 is 17.5 Å². The van der Waals surface area contributed by atoms with Crippen molar-refractivity contribution in [1.82, 2.24) is 9.97 Å². The highest BCUT2D eigenvalue weighted by Crippen LogP contribution is 2.21. The van der Waals surface area contributed by atoms with Crippen LogP contribution in [-0.2, 0) is 4.74 Å². The van der Waals surface area contributed by atoms with Crippen LogP contribution in [0.4, 0.5) is 17.5 Å². The van der Waals surface area contributed by atoms with Gasteiger partial charge in [0.25, 0.3) is 0 Å². The molecule has 0 saturated carbocycles. The van der Waals surface area contributed by atoms with Gasteiger partial charge in [-0.2, -0.15) is 4.98 Å². The third-order valence-corrected chi connectivity index (χ3v) is 2.41. The predicted octanol–water partition coefficient (Wildman–Crippen LogP) is 2.05. The van der Waals surface area contributed by atoms with Crippen molar-refractivity contribution in [2.45, 2.75) is 26.7 Å². The summed E-state index contributed by atoms with van der Waals surface area (Å²) in [5, 5.41) is 16.8. The van der Waals surface area contributed by atoms with Gasteiger partial charge in [0.2, 0.25) is 11.8 Å². The van der Waals surface area contributed by atoms with E-state index in [9.17, 15) is 10.1 Å². The van der Waals surface area contributed by atoms with Gasteiger partial charge in [-0.1, -0.05) is 6.92 Å². The number of rotatable bonds is 10. The molecule has 112 valence electrons. The summed E-state index contributed by atoms with van der Waals surface area (Å²) in [5.74, 6) is 0.610. The first-order chi connectivity index (χ1) is 9.69. The van der Waals surface area contributed by atoms with E-state index in [1.165, 1.54) is 6.20 Å². The van der Waals surface area contributed by atoms with Crippen LogP contribution < -0.4 is 10.6 Å². The fourth-order valence-corrected chi connectivity index (χ4v) is 1.51. The Labute approximate surface area is 118 Å². The highest BCUT2D eigenvalue weighted by Gasteiger charge is 2.16. The highest BCUT2D eigenvalue weighted by atomic mass is 16.6. The van der Waals surface area contributed by atoms with E-state index in [-0.39, 0.29) is 11.5 Å². The Morgan fingerprint density at radius 2 is 2.15 bits per heavy atom. The van der Waals surface area contributed by atoms with Crippen LogP contribution in [0.2, 0.25) is 0 Å². The van der Waals surface area contributed by atoms with Crippen LogP contribution in [0.15, 0.2) is 6.20 Å². The fraction of sp³-hybridized carbons (Fsp3) is 0.667. The van der Waals surface area contributed by atoms with Crippen molar-refractivity contribution < 1.29 is 9.66 Å². The normalized spacial score (nSPS) is 10.3. The fourth-order valence-electron chi connectivity index (χ4n) is 1.51. The molecule has 1 heterocycles. The molecule has 0 aliphatic rings. The minimum absolute atomic E-state index is 0.124. The van der Waals surface area contributed by atoms with Gasteiger partial charge < -0.3 is 15.4 Å². The van der Waals surface area contributed by atoms with Crippen LogP contribution >= 0.6 is 0 Å². The molecule has 0 spiro atoms. The average Bonchev–Trinajstić information content (AvgIpc) is 2.43. The lowest BCUT2D eigenvalue weighted by Gasteiger charge is -2.08. The summed E-state index contributed by atoms with van der Waals surface area (Å²) < 4.78 is 5.34. The quantitative estimate of drug-likeness (QED) is 0.385. The zero-order valence-corrected chi connectivity index (χ0v) is 11.9. The molecule has 0 radical (unpaired) electrons. The first-order valence-corrected chi connectivity index (χ1v) is 6.76. The maximum absolute atomic E-state index is 10.9. The van der Waals surface area contributed by atoms with Crippen molar-refractivity contribution in [3.63, 3.8) is 0 Å². The third kappa shape index (κ3) is 5.35. The number of nitrogens with one attached hydrogen (secondary N) is 2. The standard InChI is InChI=1S/C12H21N5O3/c1-3-7-20-8-5-6-14-11-10(17(18)19)9-15-12(16-11)13-4-2/h9H,3-8H2,1-2H3,(H2,13,14,15,16). The van der Waals surface area contributed by atoms with Crippen molar-refractivity contribution in [2.24, 2.45) is 0 Å². The van der Waals surface area contributed by atoms with E-state index >= 15 is 0 Å². The summed E-state index contributed by atoms with van der Waals surface area (Å²) >= 11 is 0. The van der Waals surface area contributed by atoms with Crippen molar-refractivity contribution in [2.75, 3.05) is 36.9 Å². The van der Waals surface area contributed by atoms with Gasteiger partial charge in [-0.15, -0.1) is 0 Å². The number of anilines is 2. The number of aromatic nitrogens is 2. The maximum Gasteiger partial charge on any atom is 0.329 e. The topological polar surface area (TPSA) is 102 Å². The lowest BCUT2D eigenvalue weighted by atomic mass is 10.4. The van der Waals surface area contributed by atoms with Crippen LogP contribution in [0, 0.1) is 10.1 Å². The first kappa shape index (κ1) is 16.1. The van der Waals surface area contributed by atoms with Crippen LogP contribution in [0.1, 0.15) is 26.7 Å². The Morgan fingerprint density at radius 1 is 1.35 bits per heavy atom. The van der Waals surface area contributed by atoms with Crippen molar-refractivity contribution in [3.8, 4) is 0 Å². The molecular weight excluding hydrogens is 262 g/mol. The number of hydrogen-bond acceptors (Lipinski definition) is 7. The second-order valence-electron chi connectivity index (χ2n) is 4.11. The molecule has 8 nitrogen and oxygen atoms in total. The summed E-state index contributed by atoms with van der Waals surface area (Å²) in [4.78, 5) is 18.4. The molecule has 0 atom stereocenters. The highest BCUT2D eigenvalue weighted by molar-refractivity contribution is 5.56. The van der Waals surface area contributed by atoms with E-state index in [1.807, 2.05) is 13.8 Å². The monoisotopic (exact) mass is 283 g/mol. The van der Waals surface area contributed by atoms with E-state index < -0.39 is 4.92 Å². The van der Waals surface area contributed by atoms with Crippen LogP contribution in [0.25, 0.3) is 0 Å². The summed E-state index contributed by atoms with van der Waals surface area (Å²) in [6.45, 7) is 6.53. The zero-order chi connectivity index (χ0) is 14.8. The van der Waals surface area contributed by atoms with Gasteiger partial charge in [0.15, 0.2) is 0 Å². The molecule has 1 aromatic heterocycles. The van der Waals surface area contributed by atoms with E-state index in [1.54, 1.807) is 0 Å². The second kappa shape index (κ2) is 9.03. The summed E-state index contributed by atoms with van der Waals surface area (Å²) in [6.07, 6.45) is 2.95. The largest absolute Gasteiger partial charge is 0.381 e. The number of nitro groups is 1. The molecule has 0 aliphatic carbocycles. The first-order valence-electron chi connectivity index (χ1n) is 6.76. The van der Waals surface area contributed by atoms with Gasteiger partial charge in [-0.05, 0) is 19.8 Å². The summed E-state index contributed by atoms with van der Waals surface area (Å²) in [7, 11) is 0.